The average molecular weight is 257 g/mol. The first-order chi connectivity index (χ1) is 9.11. The van der Waals surface area contributed by atoms with E-state index >= 15 is 0 Å². The number of hydrogen-bond acceptors (Lipinski definition) is 4. The first-order valence-electron chi connectivity index (χ1n) is 5.97. The predicted octanol–water partition coefficient (Wildman–Crippen LogP) is 1.69. The summed E-state index contributed by atoms with van der Waals surface area (Å²) in [7, 11) is 5.48. The zero-order valence-electron chi connectivity index (χ0n) is 11.4. The third kappa shape index (κ3) is 1.68. The average Bonchev–Trinajstić information content (AvgIpc) is 2.91. The SMILES string of the molecule is COc1ncc(-c2cnc3c(c2)nc(C)n3C)n1C. The van der Waals surface area contributed by atoms with E-state index in [9.17, 15) is 0 Å². The van der Waals surface area contributed by atoms with Gasteiger partial charge in [-0.05, 0) is 13.0 Å². The molecule has 6 nitrogen and oxygen atoms in total. The quantitative estimate of drug-likeness (QED) is 0.701. The van der Waals surface area contributed by atoms with Crippen LogP contribution in [0.25, 0.3) is 22.4 Å². The third-order valence-electron chi connectivity index (χ3n) is 3.36. The maximum atomic E-state index is 5.17. The molecule has 6 heteroatoms. The van der Waals surface area contributed by atoms with E-state index in [1.807, 2.05) is 42.4 Å². The van der Waals surface area contributed by atoms with Crippen LogP contribution < -0.4 is 4.74 Å². The van der Waals surface area contributed by atoms with Crippen molar-refractivity contribution in [2.75, 3.05) is 7.11 Å². The highest BCUT2D eigenvalue weighted by Crippen LogP contribution is 2.24. The molecule has 19 heavy (non-hydrogen) atoms. The van der Waals surface area contributed by atoms with Gasteiger partial charge in [-0.3, -0.25) is 4.57 Å². The van der Waals surface area contributed by atoms with E-state index in [-0.39, 0.29) is 0 Å². The van der Waals surface area contributed by atoms with E-state index in [1.54, 1.807) is 13.3 Å². The van der Waals surface area contributed by atoms with Gasteiger partial charge in [0, 0.05) is 25.9 Å². The maximum absolute atomic E-state index is 5.17. The number of hydrogen-bond donors (Lipinski definition) is 0. The minimum absolute atomic E-state index is 0.576. The first-order valence-corrected chi connectivity index (χ1v) is 5.97. The molecular formula is C13H15N5O. The van der Waals surface area contributed by atoms with Crippen LogP contribution >= 0.6 is 0 Å². The maximum Gasteiger partial charge on any atom is 0.296 e. The van der Waals surface area contributed by atoms with Crippen molar-refractivity contribution in [1.29, 1.82) is 0 Å². The third-order valence-corrected chi connectivity index (χ3v) is 3.36. The largest absolute Gasteiger partial charge is 0.468 e. The summed E-state index contributed by atoms with van der Waals surface area (Å²) in [5, 5.41) is 0. The van der Waals surface area contributed by atoms with E-state index in [1.165, 1.54) is 0 Å². The van der Waals surface area contributed by atoms with Crippen LogP contribution in [0.5, 0.6) is 6.01 Å². The molecule has 0 atom stereocenters. The van der Waals surface area contributed by atoms with Gasteiger partial charge in [-0.1, -0.05) is 0 Å². The monoisotopic (exact) mass is 257 g/mol. The summed E-state index contributed by atoms with van der Waals surface area (Å²) in [5.41, 5.74) is 3.70. The van der Waals surface area contributed by atoms with Crippen molar-refractivity contribution in [1.82, 2.24) is 24.1 Å². The highest BCUT2D eigenvalue weighted by atomic mass is 16.5. The van der Waals surface area contributed by atoms with Crippen molar-refractivity contribution in [3.05, 3.63) is 24.3 Å². The lowest BCUT2D eigenvalue weighted by molar-refractivity contribution is 0.367. The summed E-state index contributed by atoms with van der Waals surface area (Å²) in [4.78, 5) is 13.2. The van der Waals surface area contributed by atoms with Crippen molar-refractivity contribution in [2.45, 2.75) is 6.92 Å². The van der Waals surface area contributed by atoms with Gasteiger partial charge in [-0.2, -0.15) is 0 Å². The van der Waals surface area contributed by atoms with E-state index in [0.29, 0.717) is 6.01 Å². The Kier molecular flexibility index (Phi) is 2.51. The normalized spacial score (nSPS) is 11.2. The number of rotatable bonds is 2. The van der Waals surface area contributed by atoms with Crippen LogP contribution in [-0.4, -0.2) is 31.2 Å². The molecule has 0 radical (unpaired) electrons. The van der Waals surface area contributed by atoms with Gasteiger partial charge in [0.1, 0.15) is 11.3 Å². The van der Waals surface area contributed by atoms with Gasteiger partial charge >= 0.3 is 0 Å². The van der Waals surface area contributed by atoms with Gasteiger partial charge in [0.2, 0.25) is 0 Å². The van der Waals surface area contributed by atoms with E-state index < -0.39 is 0 Å². The molecule has 0 aromatic carbocycles. The smallest absolute Gasteiger partial charge is 0.296 e. The lowest BCUT2D eigenvalue weighted by Gasteiger charge is -2.04. The number of aromatic nitrogens is 5. The summed E-state index contributed by atoms with van der Waals surface area (Å²) in [6.45, 7) is 1.97. The fourth-order valence-corrected chi connectivity index (χ4v) is 2.18. The summed E-state index contributed by atoms with van der Waals surface area (Å²) < 4.78 is 9.03. The summed E-state index contributed by atoms with van der Waals surface area (Å²) in [5.74, 6) is 0.947. The lowest BCUT2D eigenvalue weighted by Crippen LogP contribution is -1.97. The summed E-state index contributed by atoms with van der Waals surface area (Å²) in [6, 6.07) is 2.60. The Morgan fingerprint density at radius 3 is 2.58 bits per heavy atom. The van der Waals surface area contributed by atoms with Crippen LogP contribution in [-0.2, 0) is 14.1 Å². The molecule has 0 aliphatic heterocycles. The van der Waals surface area contributed by atoms with Crippen molar-refractivity contribution in [3.63, 3.8) is 0 Å². The number of pyridine rings is 1. The topological polar surface area (TPSA) is 57.8 Å². The van der Waals surface area contributed by atoms with Crippen molar-refractivity contribution in [3.8, 4) is 17.3 Å². The zero-order chi connectivity index (χ0) is 13.6. The highest BCUT2D eigenvalue weighted by Gasteiger charge is 2.12. The van der Waals surface area contributed by atoms with Crippen molar-refractivity contribution >= 4 is 11.2 Å². The molecule has 0 saturated carbocycles. The van der Waals surface area contributed by atoms with Crippen LogP contribution in [0.15, 0.2) is 18.5 Å². The van der Waals surface area contributed by atoms with Gasteiger partial charge in [0.25, 0.3) is 6.01 Å². The van der Waals surface area contributed by atoms with Gasteiger partial charge in [0.15, 0.2) is 5.65 Å². The molecule has 0 spiro atoms. The number of imidazole rings is 2. The number of ether oxygens (including phenoxy) is 1. The summed E-state index contributed by atoms with van der Waals surface area (Å²) >= 11 is 0. The molecule has 3 aromatic rings. The van der Waals surface area contributed by atoms with Crippen molar-refractivity contribution in [2.24, 2.45) is 14.1 Å². The second kappa shape index (κ2) is 4.08. The number of methoxy groups -OCH3 is 1. The molecule has 0 aliphatic rings. The Balaban J connectivity index is 2.17. The van der Waals surface area contributed by atoms with Gasteiger partial charge < -0.3 is 9.30 Å². The molecular weight excluding hydrogens is 242 g/mol. The fourth-order valence-electron chi connectivity index (χ4n) is 2.18. The van der Waals surface area contributed by atoms with Gasteiger partial charge in [-0.15, -0.1) is 0 Å². The second-order valence-electron chi connectivity index (χ2n) is 4.47. The second-order valence-corrected chi connectivity index (χ2v) is 4.47. The standard InChI is InChI=1S/C13H15N5O/c1-8-16-10-5-9(6-14-12(10)17(8)2)11-7-15-13(19-4)18(11)3/h5-7H,1-4H3. The molecule has 0 aliphatic carbocycles. The highest BCUT2D eigenvalue weighted by molar-refractivity contribution is 5.77. The molecule has 3 heterocycles. The fraction of sp³-hybridized carbons (Fsp3) is 0.308. The first kappa shape index (κ1) is 11.7. The number of nitrogens with zero attached hydrogens (tertiary/aromatic N) is 5. The van der Waals surface area contributed by atoms with E-state index in [2.05, 4.69) is 15.0 Å². The van der Waals surface area contributed by atoms with Gasteiger partial charge in [0.05, 0.1) is 19.0 Å². The van der Waals surface area contributed by atoms with Crippen LogP contribution in [0.2, 0.25) is 0 Å². The molecule has 3 rings (SSSR count). The van der Waals surface area contributed by atoms with Gasteiger partial charge in [-0.25, -0.2) is 15.0 Å². The lowest BCUT2D eigenvalue weighted by atomic mass is 10.2. The Morgan fingerprint density at radius 1 is 1.11 bits per heavy atom. The van der Waals surface area contributed by atoms with Crippen LogP contribution in [0.1, 0.15) is 5.82 Å². The molecule has 0 amide bonds. The number of aryl methyl sites for hydroxylation is 2. The molecule has 3 aromatic heterocycles. The minimum Gasteiger partial charge on any atom is -0.468 e. The zero-order valence-corrected chi connectivity index (χ0v) is 11.4. The Morgan fingerprint density at radius 2 is 1.89 bits per heavy atom. The molecule has 0 bridgehead atoms. The van der Waals surface area contributed by atoms with Crippen LogP contribution in [0.3, 0.4) is 0 Å². The van der Waals surface area contributed by atoms with Crippen LogP contribution in [0, 0.1) is 6.92 Å². The van der Waals surface area contributed by atoms with Crippen molar-refractivity contribution < 1.29 is 4.74 Å². The molecule has 0 saturated heterocycles. The van der Waals surface area contributed by atoms with Crippen LogP contribution in [0.4, 0.5) is 0 Å². The molecule has 0 unspecified atom stereocenters. The molecule has 0 fully saturated rings. The van der Waals surface area contributed by atoms with E-state index in [4.69, 9.17) is 4.74 Å². The Labute approximate surface area is 110 Å². The molecule has 98 valence electrons. The minimum atomic E-state index is 0.576. The van der Waals surface area contributed by atoms with E-state index in [0.717, 1.165) is 28.2 Å². The predicted molar refractivity (Wildman–Crippen MR) is 72.0 cm³/mol. The summed E-state index contributed by atoms with van der Waals surface area (Å²) in [6.07, 6.45) is 3.61. The Bertz CT molecular complexity index is 756. The number of fused-ring (bicyclic) bond motifs is 1. The Hall–Kier alpha value is -2.37. The molecule has 0 N–H and O–H groups in total.